The van der Waals surface area contributed by atoms with Crippen molar-refractivity contribution in [2.75, 3.05) is 18.1 Å². The Morgan fingerprint density at radius 2 is 2.03 bits per heavy atom. The average molecular weight is 545 g/mol. The molecule has 1 heterocycles. The van der Waals surface area contributed by atoms with Gasteiger partial charge in [0.15, 0.2) is 0 Å². The molecule has 3 rings (SSSR count). The molecule has 154 valence electrons. The normalized spacial score (nSPS) is 11.0. The molecule has 0 saturated heterocycles. The molecule has 0 aliphatic heterocycles. The van der Waals surface area contributed by atoms with Crippen molar-refractivity contribution in [3.05, 3.63) is 64.4 Å². The van der Waals surface area contributed by atoms with Crippen LogP contribution in [0.25, 0.3) is 11.0 Å². The van der Waals surface area contributed by atoms with E-state index >= 15 is 0 Å². The number of hydrogen-bond donors (Lipinski definition) is 0. The molecule has 0 radical (unpaired) electrons. The number of halogens is 2. The molecule has 0 atom stereocenters. The summed E-state index contributed by atoms with van der Waals surface area (Å²) in [6.45, 7) is 2.72. The number of thioether (sulfide) groups is 1. The van der Waals surface area contributed by atoms with Crippen LogP contribution in [0.5, 0.6) is 5.75 Å². The highest BCUT2D eigenvalue weighted by Gasteiger charge is 2.09. The van der Waals surface area contributed by atoms with Gasteiger partial charge in [-0.15, -0.1) is 11.8 Å². The minimum Gasteiger partial charge on any atom is -0.489 e. The fourth-order valence-corrected chi connectivity index (χ4v) is 4.57. The van der Waals surface area contributed by atoms with Crippen molar-refractivity contribution in [1.82, 2.24) is 0 Å². The van der Waals surface area contributed by atoms with Crippen LogP contribution >= 0.6 is 46.0 Å². The lowest BCUT2D eigenvalue weighted by atomic mass is 10.1. The SMILES string of the molecule is CCOC(=O)CSCCc1coc2cc(OCc3ccc(Cl)cc3CI)ccc12. The van der Waals surface area contributed by atoms with Crippen LogP contribution in [-0.4, -0.2) is 24.1 Å². The molecule has 0 aliphatic carbocycles. The van der Waals surface area contributed by atoms with Crippen molar-refractivity contribution in [3.63, 3.8) is 0 Å². The number of furan rings is 1. The highest BCUT2D eigenvalue weighted by atomic mass is 127. The summed E-state index contributed by atoms with van der Waals surface area (Å²) in [6.07, 6.45) is 2.62. The fourth-order valence-electron chi connectivity index (χ4n) is 2.91. The summed E-state index contributed by atoms with van der Waals surface area (Å²) in [6, 6.07) is 11.8. The van der Waals surface area contributed by atoms with Gasteiger partial charge in [0.25, 0.3) is 0 Å². The monoisotopic (exact) mass is 544 g/mol. The summed E-state index contributed by atoms with van der Waals surface area (Å²) in [4.78, 5) is 11.4. The molecule has 0 saturated carbocycles. The Hall–Kier alpha value is -1.38. The van der Waals surface area contributed by atoms with Crippen molar-refractivity contribution < 1.29 is 18.7 Å². The summed E-state index contributed by atoms with van der Waals surface area (Å²) in [5.41, 5.74) is 4.24. The van der Waals surface area contributed by atoms with Crippen LogP contribution in [0.15, 0.2) is 47.1 Å². The second-order valence-electron chi connectivity index (χ2n) is 6.36. The summed E-state index contributed by atoms with van der Waals surface area (Å²) in [5, 5.41) is 1.82. The third-order valence-electron chi connectivity index (χ3n) is 4.37. The van der Waals surface area contributed by atoms with Gasteiger partial charge in [0.2, 0.25) is 0 Å². The van der Waals surface area contributed by atoms with Gasteiger partial charge in [0.1, 0.15) is 17.9 Å². The van der Waals surface area contributed by atoms with Gasteiger partial charge >= 0.3 is 5.97 Å². The molecular formula is C22H22ClIO4S. The van der Waals surface area contributed by atoms with Gasteiger partial charge in [-0.05, 0) is 60.1 Å². The molecule has 0 amide bonds. The Balaban J connectivity index is 1.58. The van der Waals surface area contributed by atoms with Crippen LogP contribution in [0.1, 0.15) is 23.6 Å². The maximum Gasteiger partial charge on any atom is 0.315 e. The Bertz CT molecular complexity index is 973. The van der Waals surface area contributed by atoms with E-state index < -0.39 is 0 Å². The van der Waals surface area contributed by atoms with Crippen molar-refractivity contribution >= 4 is 62.9 Å². The second-order valence-corrected chi connectivity index (χ2v) is 8.67. The predicted octanol–water partition coefficient (Wildman–Crippen LogP) is 6.44. The van der Waals surface area contributed by atoms with Gasteiger partial charge in [0, 0.05) is 20.9 Å². The smallest absolute Gasteiger partial charge is 0.315 e. The summed E-state index contributed by atoms with van der Waals surface area (Å²) >= 11 is 9.97. The van der Waals surface area contributed by atoms with Crippen molar-refractivity contribution in [1.29, 1.82) is 0 Å². The number of alkyl halides is 1. The van der Waals surface area contributed by atoms with Gasteiger partial charge in [-0.3, -0.25) is 4.79 Å². The average Bonchev–Trinajstić information content (AvgIpc) is 3.12. The molecular weight excluding hydrogens is 523 g/mol. The zero-order chi connectivity index (χ0) is 20.6. The van der Waals surface area contributed by atoms with Gasteiger partial charge < -0.3 is 13.9 Å². The van der Waals surface area contributed by atoms with Gasteiger partial charge in [-0.1, -0.05) is 40.3 Å². The standard InChI is InChI=1S/C22H22ClIO4S/c1-2-26-22(25)14-29-8-7-16-13-28-21-10-19(5-6-20(16)21)27-12-15-3-4-18(23)9-17(15)11-24/h3-6,9-10,13H,2,7-8,11-12,14H2,1H3. The van der Waals surface area contributed by atoms with Crippen LogP contribution in [-0.2, 0) is 27.0 Å². The van der Waals surface area contributed by atoms with Crippen molar-refractivity contribution in [2.45, 2.75) is 24.4 Å². The van der Waals surface area contributed by atoms with E-state index in [1.165, 1.54) is 5.56 Å². The number of carbonyl (C=O) groups is 1. The van der Waals surface area contributed by atoms with Crippen LogP contribution in [0.2, 0.25) is 5.02 Å². The van der Waals surface area contributed by atoms with E-state index in [0.29, 0.717) is 19.0 Å². The van der Waals surface area contributed by atoms with Gasteiger partial charge in [0.05, 0.1) is 18.6 Å². The molecule has 0 aliphatic rings. The van der Waals surface area contributed by atoms with E-state index in [4.69, 9.17) is 25.5 Å². The quantitative estimate of drug-likeness (QED) is 0.127. The number of fused-ring (bicyclic) bond motifs is 1. The number of esters is 1. The summed E-state index contributed by atoms with van der Waals surface area (Å²) in [5.74, 6) is 1.82. The Morgan fingerprint density at radius 1 is 1.17 bits per heavy atom. The van der Waals surface area contributed by atoms with E-state index in [1.807, 2.05) is 43.3 Å². The third-order valence-corrected chi connectivity index (χ3v) is 6.36. The molecule has 0 fully saturated rings. The molecule has 3 aromatic rings. The molecule has 0 N–H and O–H groups in total. The van der Waals surface area contributed by atoms with Gasteiger partial charge in [-0.25, -0.2) is 0 Å². The summed E-state index contributed by atoms with van der Waals surface area (Å²) < 4.78 is 17.5. The third kappa shape index (κ3) is 6.30. The molecule has 1 aromatic heterocycles. The Kier molecular flexibility index (Phi) is 8.56. The number of rotatable bonds is 10. The van der Waals surface area contributed by atoms with Gasteiger partial charge in [-0.2, -0.15) is 0 Å². The number of carbonyl (C=O) groups excluding carboxylic acids is 1. The minimum absolute atomic E-state index is 0.164. The molecule has 4 nitrogen and oxygen atoms in total. The number of hydrogen-bond acceptors (Lipinski definition) is 5. The molecule has 0 spiro atoms. The van der Waals surface area contributed by atoms with E-state index in [9.17, 15) is 4.79 Å². The van der Waals surface area contributed by atoms with Crippen molar-refractivity contribution in [2.24, 2.45) is 0 Å². The first-order valence-electron chi connectivity index (χ1n) is 9.30. The maximum absolute atomic E-state index is 11.4. The highest BCUT2D eigenvalue weighted by Crippen LogP contribution is 2.28. The number of benzene rings is 2. The number of aryl methyl sites for hydroxylation is 1. The second kappa shape index (κ2) is 11.1. The lowest BCUT2D eigenvalue weighted by Gasteiger charge is -2.10. The topological polar surface area (TPSA) is 48.7 Å². The lowest BCUT2D eigenvalue weighted by molar-refractivity contribution is -0.139. The molecule has 29 heavy (non-hydrogen) atoms. The fraction of sp³-hybridized carbons (Fsp3) is 0.318. The van der Waals surface area contributed by atoms with E-state index in [2.05, 4.69) is 22.6 Å². The Labute approximate surface area is 193 Å². The lowest BCUT2D eigenvalue weighted by Crippen LogP contribution is -2.07. The Morgan fingerprint density at radius 3 is 2.83 bits per heavy atom. The first kappa shape index (κ1) is 22.3. The highest BCUT2D eigenvalue weighted by molar-refractivity contribution is 14.1. The zero-order valence-corrected chi connectivity index (χ0v) is 19.8. The molecule has 7 heteroatoms. The predicted molar refractivity (Wildman–Crippen MR) is 127 cm³/mol. The minimum atomic E-state index is -0.164. The van der Waals surface area contributed by atoms with E-state index in [0.717, 1.165) is 49.5 Å². The first-order valence-corrected chi connectivity index (χ1v) is 12.4. The van der Waals surface area contributed by atoms with E-state index in [1.54, 1.807) is 18.0 Å². The van der Waals surface area contributed by atoms with Crippen LogP contribution < -0.4 is 4.74 Å². The first-order chi connectivity index (χ1) is 14.1. The zero-order valence-electron chi connectivity index (χ0n) is 16.1. The number of ether oxygens (including phenoxy) is 2. The van der Waals surface area contributed by atoms with Crippen LogP contribution in [0.3, 0.4) is 0 Å². The maximum atomic E-state index is 11.4. The largest absolute Gasteiger partial charge is 0.489 e. The molecule has 0 unspecified atom stereocenters. The summed E-state index contributed by atoms with van der Waals surface area (Å²) in [7, 11) is 0. The van der Waals surface area contributed by atoms with Crippen LogP contribution in [0.4, 0.5) is 0 Å². The molecule has 2 aromatic carbocycles. The van der Waals surface area contributed by atoms with E-state index in [-0.39, 0.29) is 5.97 Å². The van der Waals surface area contributed by atoms with Crippen LogP contribution in [0, 0.1) is 0 Å². The molecule has 0 bridgehead atoms. The van der Waals surface area contributed by atoms with Crippen molar-refractivity contribution in [3.8, 4) is 5.75 Å².